The number of carbonyl (C=O) groups excluding carboxylic acids is 2. The summed E-state index contributed by atoms with van der Waals surface area (Å²) in [6.45, 7) is 4.51. The summed E-state index contributed by atoms with van der Waals surface area (Å²) in [5.74, 6) is 1.95. The van der Waals surface area contributed by atoms with E-state index in [9.17, 15) is 19.7 Å². The summed E-state index contributed by atoms with van der Waals surface area (Å²) in [7, 11) is 0. The van der Waals surface area contributed by atoms with Crippen LogP contribution < -0.4 is 0 Å². The zero-order valence-corrected chi connectivity index (χ0v) is 18.2. The molecule has 0 spiro atoms. The highest BCUT2D eigenvalue weighted by atomic mass is 16.6. The summed E-state index contributed by atoms with van der Waals surface area (Å²) in [6, 6.07) is 6.44. The van der Waals surface area contributed by atoms with Gasteiger partial charge in [0.15, 0.2) is 11.6 Å². The summed E-state index contributed by atoms with van der Waals surface area (Å²) in [4.78, 5) is 36.0. The van der Waals surface area contributed by atoms with Crippen LogP contribution in [0.25, 0.3) is 6.08 Å². The van der Waals surface area contributed by atoms with Crippen molar-refractivity contribution in [2.45, 2.75) is 58.8 Å². The zero-order valence-electron chi connectivity index (χ0n) is 18.2. The minimum atomic E-state index is -0.404. The summed E-state index contributed by atoms with van der Waals surface area (Å²) < 4.78 is 0. The first kappa shape index (κ1) is 20.3. The number of nitro benzene ring substituents is 1. The van der Waals surface area contributed by atoms with E-state index in [0.29, 0.717) is 24.2 Å². The Morgan fingerprint density at radius 1 is 1.00 bits per heavy atom. The number of carbonyl (C=O) groups is 2. The highest BCUT2D eigenvalue weighted by Gasteiger charge is 2.60. The summed E-state index contributed by atoms with van der Waals surface area (Å²) in [6.07, 6.45) is 10.3. The standard InChI is InChI=1S/C26H29NO4/c1-25-11-9-20(28)15-18(25)5-8-21-22(25)10-12-26(2)23(21)14-17(24(26)29)13-16-3-6-19(7-4-16)27(30)31/h3-4,6-7,13,15,21-23H,5,8-12,14H2,1-2H3/b17-13+/t21-,22+,23+,25+,26+/m1/s1. The molecule has 5 nitrogen and oxygen atoms in total. The van der Waals surface area contributed by atoms with Gasteiger partial charge in [-0.15, -0.1) is 0 Å². The van der Waals surface area contributed by atoms with E-state index in [4.69, 9.17) is 0 Å². The maximum absolute atomic E-state index is 13.5. The van der Waals surface area contributed by atoms with Crippen LogP contribution in [0.4, 0.5) is 5.69 Å². The molecule has 5 atom stereocenters. The third-order valence-electron chi connectivity index (χ3n) is 9.05. The molecular weight excluding hydrogens is 390 g/mol. The molecule has 3 fully saturated rings. The molecule has 4 aliphatic rings. The number of nitro groups is 1. The average Bonchev–Trinajstić information content (AvgIpc) is 2.99. The second-order valence-corrected chi connectivity index (χ2v) is 10.5. The average molecular weight is 420 g/mol. The maximum Gasteiger partial charge on any atom is 0.269 e. The minimum Gasteiger partial charge on any atom is -0.295 e. The quantitative estimate of drug-likeness (QED) is 0.350. The van der Waals surface area contributed by atoms with Crippen molar-refractivity contribution in [3.05, 3.63) is 57.2 Å². The molecule has 0 N–H and O–H groups in total. The lowest BCUT2D eigenvalue weighted by Crippen LogP contribution is -2.50. The van der Waals surface area contributed by atoms with Gasteiger partial charge in [0.25, 0.3) is 5.69 Å². The van der Waals surface area contributed by atoms with E-state index in [1.54, 1.807) is 12.1 Å². The smallest absolute Gasteiger partial charge is 0.269 e. The van der Waals surface area contributed by atoms with Gasteiger partial charge in [-0.1, -0.05) is 19.4 Å². The number of ketones is 2. The van der Waals surface area contributed by atoms with Crippen molar-refractivity contribution in [3.63, 3.8) is 0 Å². The number of benzene rings is 1. The van der Waals surface area contributed by atoms with Gasteiger partial charge in [-0.05, 0) is 97.1 Å². The van der Waals surface area contributed by atoms with E-state index in [1.165, 1.54) is 17.7 Å². The lowest BCUT2D eigenvalue weighted by molar-refractivity contribution is -0.384. The molecule has 5 heteroatoms. The second kappa shape index (κ2) is 6.98. The lowest BCUT2D eigenvalue weighted by atomic mass is 9.47. The molecule has 0 bridgehead atoms. The highest BCUT2D eigenvalue weighted by Crippen LogP contribution is 2.65. The van der Waals surface area contributed by atoms with Crippen LogP contribution in [0.3, 0.4) is 0 Å². The lowest BCUT2D eigenvalue weighted by Gasteiger charge is -2.56. The SMILES string of the molecule is C[C@]12CCC(=O)C=C1CC[C@@H]1[C@@H]2CC[C@]2(C)C(=O)/C(=C/c3ccc([N+](=O)[O-])cc3)C[C@@H]12. The normalized spacial score (nSPS) is 38.3. The first-order chi connectivity index (χ1) is 14.7. The van der Waals surface area contributed by atoms with Gasteiger partial charge in [0.1, 0.15) is 0 Å². The van der Waals surface area contributed by atoms with E-state index in [1.807, 2.05) is 12.2 Å². The van der Waals surface area contributed by atoms with Crippen LogP contribution in [0.15, 0.2) is 41.5 Å². The molecule has 0 heterocycles. The molecular formula is C26H29NO4. The number of allylic oxidation sites excluding steroid dienone is 2. The number of hydrogen-bond acceptors (Lipinski definition) is 4. The Morgan fingerprint density at radius 2 is 1.74 bits per heavy atom. The van der Waals surface area contributed by atoms with Crippen molar-refractivity contribution >= 4 is 23.3 Å². The molecule has 4 aliphatic carbocycles. The number of hydrogen-bond donors (Lipinski definition) is 0. The number of rotatable bonds is 2. The Hall–Kier alpha value is -2.56. The predicted octanol–water partition coefficient (Wildman–Crippen LogP) is 5.69. The van der Waals surface area contributed by atoms with Gasteiger partial charge in [-0.2, -0.15) is 0 Å². The molecule has 3 saturated carbocycles. The van der Waals surface area contributed by atoms with Crippen LogP contribution in [-0.2, 0) is 9.59 Å². The topological polar surface area (TPSA) is 77.3 Å². The van der Waals surface area contributed by atoms with Gasteiger partial charge in [-0.3, -0.25) is 19.7 Å². The Kier molecular flexibility index (Phi) is 4.58. The fourth-order valence-electron chi connectivity index (χ4n) is 7.25. The van der Waals surface area contributed by atoms with Gasteiger partial charge >= 0.3 is 0 Å². The zero-order chi connectivity index (χ0) is 22.0. The molecule has 0 aromatic heterocycles. The predicted molar refractivity (Wildman–Crippen MR) is 118 cm³/mol. The monoisotopic (exact) mass is 419 g/mol. The van der Waals surface area contributed by atoms with Crippen molar-refractivity contribution in [2.24, 2.45) is 28.6 Å². The number of Topliss-reactive ketones (excluding diaryl/α,β-unsaturated/α-hetero) is 1. The third kappa shape index (κ3) is 3.04. The van der Waals surface area contributed by atoms with Crippen molar-refractivity contribution < 1.29 is 14.5 Å². The molecule has 0 unspecified atom stereocenters. The summed E-state index contributed by atoms with van der Waals surface area (Å²) >= 11 is 0. The fraction of sp³-hybridized carbons (Fsp3) is 0.538. The largest absolute Gasteiger partial charge is 0.295 e. The van der Waals surface area contributed by atoms with Crippen LogP contribution in [0.1, 0.15) is 64.4 Å². The van der Waals surface area contributed by atoms with Gasteiger partial charge in [-0.25, -0.2) is 0 Å². The fourth-order valence-corrected chi connectivity index (χ4v) is 7.25. The Labute approximate surface area is 182 Å². The summed E-state index contributed by atoms with van der Waals surface area (Å²) in [5, 5.41) is 10.9. The number of fused-ring (bicyclic) bond motifs is 5. The van der Waals surface area contributed by atoms with Gasteiger partial charge < -0.3 is 0 Å². The van der Waals surface area contributed by atoms with Crippen molar-refractivity contribution in [2.75, 3.05) is 0 Å². The van der Waals surface area contributed by atoms with Gasteiger partial charge in [0.2, 0.25) is 0 Å². The minimum absolute atomic E-state index is 0.0636. The summed E-state index contributed by atoms with van der Waals surface area (Å²) in [5.41, 5.74) is 2.92. The van der Waals surface area contributed by atoms with Gasteiger partial charge in [0.05, 0.1) is 4.92 Å². The van der Waals surface area contributed by atoms with E-state index in [0.717, 1.165) is 49.7 Å². The van der Waals surface area contributed by atoms with Crippen LogP contribution in [0.5, 0.6) is 0 Å². The van der Waals surface area contributed by atoms with Gasteiger partial charge in [0, 0.05) is 24.0 Å². The van der Waals surface area contributed by atoms with Crippen molar-refractivity contribution in [1.29, 1.82) is 0 Å². The van der Waals surface area contributed by atoms with Crippen LogP contribution in [0, 0.1) is 38.7 Å². The second-order valence-electron chi connectivity index (χ2n) is 10.5. The molecule has 0 saturated heterocycles. The number of non-ortho nitro benzene ring substituents is 1. The van der Waals surface area contributed by atoms with Crippen molar-refractivity contribution in [1.82, 2.24) is 0 Å². The number of nitrogens with zero attached hydrogens (tertiary/aromatic N) is 1. The van der Waals surface area contributed by atoms with E-state index in [-0.39, 0.29) is 28.1 Å². The maximum atomic E-state index is 13.5. The molecule has 0 amide bonds. The molecule has 0 radical (unpaired) electrons. The van der Waals surface area contributed by atoms with E-state index >= 15 is 0 Å². The van der Waals surface area contributed by atoms with Crippen LogP contribution >= 0.6 is 0 Å². The Bertz CT molecular complexity index is 1040. The Balaban J connectivity index is 1.45. The van der Waals surface area contributed by atoms with Crippen LogP contribution in [-0.4, -0.2) is 16.5 Å². The third-order valence-corrected chi connectivity index (χ3v) is 9.05. The molecule has 31 heavy (non-hydrogen) atoms. The Morgan fingerprint density at radius 3 is 2.45 bits per heavy atom. The van der Waals surface area contributed by atoms with E-state index in [2.05, 4.69) is 13.8 Å². The van der Waals surface area contributed by atoms with Crippen molar-refractivity contribution in [3.8, 4) is 0 Å². The molecule has 1 aromatic carbocycles. The first-order valence-electron chi connectivity index (χ1n) is 11.5. The van der Waals surface area contributed by atoms with E-state index < -0.39 is 4.92 Å². The molecule has 162 valence electrons. The highest BCUT2D eigenvalue weighted by molar-refractivity contribution is 6.06. The first-order valence-corrected chi connectivity index (χ1v) is 11.5. The molecule has 0 aliphatic heterocycles. The molecule has 5 rings (SSSR count). The van der Waals surface area contributed by atoms with Crippen LogP contribution in [0.2, 0.25) is 0 Å². The molecule has 1 aromatic rings.